The monoisotopic (exact) mass is 279 g/mol. The highest BCUT2D eigenvalue weighted by Gasteiger charge is 2.32. The summed E-state index contributed by atoms with van der Waals surface area (Å²) in [7, 11) is -0.880. The molecule has 0 radical (unpaired) electrons. The zero-order valence-corrected chi connectivity index (χ0v) is 13.1. The molecule has 1 fully saturated rings. The average Bonchev–Trinajstić information content (AvgIpc) is 3.18. The zero-order chi connectivity index (χ0) is 13.8. The lowest BCUT2D eigenvalue weighted by Crippen LogP contribution is -2.36. The third kappa shape index (κ3) is 4.15. The minimum absolute atomic E-state index is 0.432. The second-order valence-electron chi connectivity index (χ2n) is 5.68. The van der Waals surface area contributed by atoms with Crippen LogP contribution in [0.5, 0.6) is 0 Å². The second-order valence-corrected chi connectivity index (χ2v) is 7.14. The first-order valence-electron chi connectivity index (χ1n) is 7.30. The molecule has 2 rings (SSSR count). The highest BCUT2D eigenvalue weighted by atomic mass is 32.2. The van der Waals surface area contributed by atoms with E-state index in [0.717, 1.165) is 35.1 Å². The van der Waals surface area contributed by atoms with Gasteiger partial charge < -0.3 is 5.32 Å². The Balaban J connectivity index is 2.01. The number of hydrogen-bond acceptors (Lipinski definition) is 2. The van der Waals surface area contributed by atoms with Gasteiger partial charge in [0.2, 0.25) is 0 Å². The van der Waals surface area contributed by atoms with Crippen LogP contribution in [0.4, 0.5) is 0 Å². The molecule has 1 aromatic carbocycles. The lowest BCUT2D eigenvalue weighted by atomic mass is 10.2. The predicted molar refractivity (Wildman–Crippen MR) is 82.0 cm³/mol. The Morgan fingerprint density at radius 2 is 2.11 bits per heavy atom. The van der Waals surface area contributed by atoms with Gasteiger partial charge in [-0.15, -0.1) is 0 Å². The topological polar surface area (TPSA) is 29.1 Å². The number of rotatable bonds is 7. The molecule has 0 aromatic heterocycles. The van der Waals surface area contributed by atoms with Gasteiger partial charge in [0.25, 0.3) is 0 Å². The van der Waals surface area contributed by atoms with Crippen LogP contribution in [0.25, 0.3) is 0 Å². The Labute approximate surface area is 119 Å². The van der Waals surface area contributed by atoms with Gasteiger partial charge in [-0.1, -0.05) is 24.6 Å². The van der Waals surface area contributed by atoms with Crippen molar-refractivity contribution >= 4 is 10.8 Å². The molecule has 2 unspecified atom stereocenters. The fourth-order valence-electron chi connectivity index (χ4n) is 2.50. The quantitative estimate of drug-likeness (QED) is 0.830. The van der Waals surface area contributed by atoms with Gasteiger partial charge in [0.1, 0.15) is 0 Å². The van der Waals surface area contributed by atoms with Gasteiger partial charge in [0, 0.05) is 16.7 Å². The highest BCUT2D eigenvalue weighted by molar-refractivity contribution is 7.85. The predicted octanol–water partition coefficient (Wildman–Crippen LogP) is 3.19. The van der Waals surface area contributed by atoms with E-state index in [1.54, 1.807) is 0 Å². The van der Waals surface area contributed by atoms with E-state index in [1.165, 1.54) is 18.4 Å². The molecular weight excluding hydrogens is 254 g/mol. The molecule has 1 aliphatic carbocycles. The molecule has 0 heterocycles. The first-order valence-corrected chi connectivity index (χ1v) is 8.62. The van der Waals surface area contributed by atoms with E-state index in [0.29, 0.717) is 6.04 Å². The van der Waals surface area contributed by atoms with E-state index < -0.39 is 10.8 Å². The van der Waals surface area contributed by atoms with Crippen molar-refractivity contribution in [3.05, 3.63) is 29.3 Å². The Morgan fingerprint density at radius 1 is 1.37 bits per heavy atom. The first kappa shape index (κ1) is 14.7. The van der Waals surface area contributed by atoms with Gasteiger partial charge in [0.15, 0.2) is 0 Å². The summed E-state index contributed by atoms with van der Waals surface area (Å²) in [5.74, 6) is 1.51. The van der Waals surface area contributed by atoms with Crippen LogP contribution in [0.1, 0.15) is 37.3 Å². The maximum absolute atomic E-state index is 12.6. The van der Waals surface area contributed by atoms with Crippen LogP contribution < -0.4 is 5.32 Å². The molecule has 1 saturated carbocycles. The second kappa shape index (κ2) is 6.67. The standard InChI is InChI=1S/C16H25NOS/c1-4-9-17-15(14-6-7-14)11-19(18)16-8-5-12(2)10-13(16)3/h5,8,10,14-15,17H,4,6-7,9,11H2,1-3H3. The fourth-order valence-corrected chi connectivity index (χ4v) is 4.03. The van der Waals surface area contributed by atoms with Crippen molar-refractivity contribution in [2.45, 2.75) is 51.0 Å². The Kier molecular flexibility index (Phi) is 5.17. The molecule has 0 saturated heterocycles. The van der Waals surface area contributed by atoms with Gasteiger partial charge in [-0.2, -0.15) is 0 Å². The summed E-state index contributed by atoms with van der Waals surface area (Å²) in [4.78, 5) is 1.01. The molecule has 3 heteroatoms. The smallest absolute Gasteiger partial charge is 0.0548 e. The number of aryl methyl sites for hydroxylation is 2. The summed E-state index contributed by atoms with van der Waals surface area (Å²) >= 11 is 0. The highest BCUT2D eigenvalue weighted by Crippen LogP contribution is 2.33. The minimum Gasteiger partial charge on any atom is -0.313 e. The van der Waals surface area contributed by atoms with E-state index in [2.05, 4.69) is 38.2 Å². The SMILES string of the molecule is CCCNC(CS(=O)c1ccc(C)cc1C)C1CC1. The maximum atomic E-state index is 12.6. The van der Waals surface area contributed by atoms with Gasteiger partial charge in [0.05, 0.1) is 10.8 Å². The Morgan fingerprint density at radius 3 is 2.68 bits per heavy atom. The zero-order valence-electron chi connectivity index (χ0n) is 12.2. The van der Waals surface area contributed by atoms with Gasteiger partial charge in [-0.25, -0.2) is 0 Å². The molecule has 0 aliphatic heterocycles. The molecule has 1 N–H and O–H groups in total. The number of nitrogens with one attached hydrogen (secondary N) is 1. The molecule has 19 heavy (non-hydrogen) atoms. The van der Waals surface area contributed by atoms with E-state index in [4.69, 9.17) is 0 Å². The van der Waals surface area contributed by atoms with Crippen molar-refractivity contribution in [2.24, 2.45) is 5.92 Å². The lowest BCUT2D eigenvalue weighted by Gasteiger charge is -2.18. The third-order valence-corrected chi connectivity index (χ3v) is 5.36. The third-order valence-electron chi connectivity index (χ3n) is 3.75. The number of hydrogen-bond donors (Lipinski definition) is 1. The van der Waals surface area contributed by atoms with Crippen LogP contribution in [-0.4, -0.2) is 22.5 Å². The van der Waals surface area contributed by atoms with Crippen LogP contribution >= 0.6 is 0 Å². The van der Waals surface area contributed by atoms with Crippen molar-refractivity contribution in [2.75, 3.05) is 12.3 Å². The maximum Gasteiger partial charge on any atom is 0.0548 e. The molecule has 0 spiro atoms. The van der Waals surface area contributed by atoms with Gasteiger partial charge in [-0.05, 0) is 57.2 Å². The van der Waals surface area contributed by atoms with Crippen LogP contribution in [0.2, 0.25) is 0 Å². The van der Waals surface area contributed by atoms with Crippen LogP contribution in [0.15, 0.2) is 23.1 Å². The Hall–Kier alpha value is -0.670. The molecule has 106 valence electrons. The minimum atomic E-state index is -0.880. The van der Waals surface area contributed by atoms with E-state index in [1.807, 2.05) is 6.07 Å². The Bertz CT molecular complexity index is 454. The molecule has 2 nitrogen and oxygen atoms in total. The largest absolute Gasteiger partial charge is 0.313 e. The van der Waals surface area contributed by atoms with Crippen molar-refractivity contribution in [1.82, 2.24) is 5.32 Å². The molecule has 2 atom stereocenters. The fraction of sp³-hybridized carbons (Fsp3) is 0.625. The summed E-state index contributed by atoms with van der Waals surface area (Å²) in [6, 6.07) is 6.65. The molecule has 1 aliphatic rings. The van der Waals surface area contributed by atoms with Crippen molar-refractivity contribution in [3.8, 4) is 0 Å². The summed E-state index contributed by atoms with van der Waals surface area (Å²) in [5, 5.41) is 3.57. The van der Waals surface area contributed by atoms with E-state index in [9.17, 15) is 4.21 Å². The van der Waals surface area contributed by atoms with E-state index >= 15 is 0 Å². The summed E-state index contributed by atoms with van der Waals surface area (Å²) < 4.78 is 12.6. The van der Waals surface area contributed by atoms with Crippen LogP contribution in [0, 0.1) is 19.8 Å². The molecular formula is C16H25NOS. The molecule has 0 amide bonds. The molecule has 1 aromatic rings. The lowest BCUT2D eigenvalue weighted by molar-refractivity contribution is 0.498. The summed E-state index contributed by atoms with van der Waals surface area (Å²) in [6.45, 7) is 7.35. The first-order chi connectivity index (χ1) is 9.11. The summed E-state index contributed by atoms with van der Waals surface area (Å²) in [6.07, 6.45) is 3.73. The average molecular weight is 279 g/mol. The normalized spacial score (nSPS) is 18.3. The van der Waals surface area contributed by atoms with Crippen molar-refractivity contribution in [3.63, 3.8) is 0 Å². The van der Waals surface area contributed by atoms with E-state index in [-0.39, 0.29) is 0 Å². The van der Waals surface area contributed by atoms with Crippen LogP contribution in [0.3, 0.4) is 0 Å². The van der Waals surface area contributed by atoms with Crippen molar-refractivity contribution in [1.29, 1.82) is 0 Å². The molecule has 0 bridgehead atoms. The van der Waals surface area contributed by atoms with Gasteiger partial charge in [-0.3, -0.25) is 4.21 Å². The van der Waals surface area contributed by atoms with Crippen LogP contribution in [-0.2, 0) is 10.8 Å². The number of benzene rings is 1. The van der Waals surface area contributed by atoms with Crippen molar-refractivity contribution < 1.29 is 4.21 Å². The van der Waals surface area contributed by atoms with Gasteiger partial charge >= 0.3 is 0 Å². The summed E-state index contributed by atoms with van der Waals surface area (Å²) in [5.41, 5.74) is 2.39.